The van der Waals surface area contributed by atoms with Crippen molar-refractivity contribution in [3.8, 4) is 34.8 Å². The summed E-state index contributed by atoms with van der Waals surface area (Å²) in [7, 11) is 1.73. The molecule has 0 saturated heterocycles. The first-order chi connectivity index (χ1) is 17.3. The van der Waals surface area contributed by atoms with E-state index >= 15 is 0 Å². The number of aryl methyl sites for hydroxylation is 1. The molecule has 0 atom stereocenters. The first-order valence-electron chi connectivity index (χ1n) is 11.3. The molecule has 8 nitrogen and oxygen atoms in total. The predicted octanol–water partition coefficient (Wildman–Crippen LogP) is 4.64. The lowest BCUT2D eigenvalue weighted by atomic mass is 9.86. The first-order valence-corrected chi connectivity index (χ1v) is 11.3. The zero-order chi connectivity index (χ0) is 25.4. The Morgan fingerprint density at radius 3 is 2.39 bits per heavy atom. The monoisotopic (exact) mass is 474 g/mol. The number of hydrogen-bond acceptors (Lipinski definition) is 6. The van der Waals surface area contributed by atoms with Gasteiger partial charge in [-0.3, -0.25) is 14.1 Å². The lowest BCUT2D eigenvalue weighted by molar-refractivity contribution is 0.353. The van der Waals surface area contributed by atoms with Crippen molar-refractivity contribution in [2.24, 2.45) is 7.05 Å². The van der Waals surface area contributed by atoms with Gasteiger partial charge in [0.1, 0.15) is 6.07 Å². The minimum absolute atomic E-state index is 0.0630. The van der Waals surface area contributed by atoms with Crippen LogP contribution in [-0.4, -0.2) is 25.7 Å². The number of pyridine rings is 2. The largest absolute Gasteiger partial charge is 0.462 e. The Bertz CT molecular complexity index is 1750. The number of rotatable bonds is 5. The molecular weight excluding hydrogens is 452 g/mol. The maximum absolute atomic E-state index is 13.3. The van der Waals surface area contributed by atoms with Crippen LogP contribution in [0.15, 0.2) is 71.8 Å². The van der Waals surface area contributed by atoms with E-state index < -0.39 is 5.41 Å². The molecule has 36 heavy (non-hydrogen) atoms. The van der Waals surface area contributed by atoms with E-state index in [4.69, 9.17) is 10.00 Å². The summed E-state index contributed by atoms with van der Waals surface area (Å²) in [5, 5.41) is 19.0. The Morgan fingerprint density at radius 2 is 1.72 bits per heavy atom. The number of ether oxygens (including phenoxy) is 1. The van der Waals surface area contributed by atoms with Crippen molar-refractivity contribution < 1.29 is 4.74 Å². The van der Waals surface area contributed by atoms with Crippen molar-refractivity contribution in [3.05, 3.63) is 83.0 Å². The van der Waals surface area contributed by atoms with Crippen LogP contribution in [0.5, 0.6) is 5.88 Å². The molecule has 3 heterocycles. The molecule has 0 fully saturated rings. The van der Waals surface area contributed by atoms with Crippen LogP contribution < -0.4 is 10.4 Å². The third kappa shape index (κ3) is 3.75. The van der Waals surface area contributed by atoms with Gasteiger partial charge in [0.05, 0.1) is 39.9 Å². The summed E-state index contributed by atoms with van der Waals surface area (Å²) in [6, 6.07) is 21.2. The van der Waals surface area contributed by atoms with Gasteiger partial charge in [0.2, 0.25) is 5.88 Å². The van der Waals surface area contributed by atoms with E-state index in [-0.39, 0.29) is 12.3 Å². The van der Waals surface area contributed by atoms with Gasteiger partial charge in [0, 0.05) is 30.3 Å². The van der Waals surface area contributed by atoms with E-state index in [1.165, 1.54) is 0 Å². The van der Waals surface area contributed by atoms with Crippen LogP contribution in [0.1, 0.15) is 19.4 Å². The molecule has 0 N–H and O–H groups in total. The molecule has 0 amide bonds. The Labute approximate surface area is 207 Å². The second-order valence-corrected chi connectivity index (χ2v) is 9.02. The Kier molecular flexibility index (Phi) is 5.50. The molecule has 0 aliphatic rings. The van der Waals surface area contributed by atoms with Crippen molar-refractivity contribution in [1.82, 2.24) is 19.1 Å². The molecule has 0 unspecified atom stereocenters. The number of nitriles is 2. The third-order valence-electron chi connectivity index (χ3n) is 6.36. The molecule has 2 aromatic carbocycles. The number of imidazole rings is 1. The molecule has 8 heteroatoms. The number of benzene rings is 2. The normalized spacial score (nSPS) is 11.4. The van der Waals surface area contributed by atoms with Crippen LogP contribution in [0.25, 0.3) is 38.8 Å². The molecule has 0 saturated carbocycles. The van der Waals surface area contributed by atoms with E-state index in [0.29, 0.717) is 17.1 Å². The second-order valence-electron chi connectivity index (χ2n) is 9.02. The summed E-state index contributed by atoms with van der Waals surface area (Å²) >= 11 is 0. The Hall–Kier alpha value is -4.95. The van der Waals surface area contributed by atoms with Crippen LogP contribution in [-0.2, 0) is 12.5 Å². The quantitative estimate of drug-likeness (QED) is 0.367. The molecule has 0 radical (unpaired) electrons. The SMILES string of the molecule is Cn1c(=O)n(-c2ccc(C(C)(C)C#N)cc2)c2c3cc(-c4ccc(OCC#N)nc4)ccc3ncc21. The van der Waals surface area contributed by atoms with E-state index in [9.17, 15) is 10.1 Å². The van der Waals surface area contributed by atoms with Crippen molar-refractivity contribution in [3.63, 3.8) is 0 Å². The fourth-order valence-electron chi connectivity index (χ4n) is 4.25. The van der Waals surface area contributed by atoms with Gasteiger partial charge in [-0.2, -0.15) is 10.5 Å². The van der Waals surface area contributed by atoms with Crippen molar-refractivity contribution in [2.75, 3.05) is 6.61 Å². The van der Waals surface area contributed by atoms with Gasteiger partial charge in [0.25, 0.3) is 0 Å². The zero-order valence-corrected chi connectivity index (χ0v) is 20.1. The van der Waals surface area contributed by atoms with Crippen LogP contribution in [0.2, 0.25) is 0 Å². The number of fused-ring (bicyclic) bond motifs is 3. The Morgan fingerprint density at radius 1 is 0.972 bits per heavy atom. The van der Waals surface area contributed by atoms with Gasteiger partial charge in [-0.05, 0) is 55.3 Å². The van der Waals surface area contributed by atoms with Crippen LogP contribution >= 0.6 is 0 Å². The van der Waals surface area contributed by atoms with E-state index in [1.54, 1.807) is 34.6 Å². The molecule has 5 rings (SSSR count). The van der Waals surface area contributed by atoms with Gasteiger partial charge in [-0.1, -0.05) is 18.2 Å². The van der Waals surface area contributed by atoms with Crippen LogP contribution in [0.4, 0.5) is 0 Å². The summed E-state index contributed by atoms with van der Waals surface area (Å²) in [4.78, 5) is 22.2. The van der Waals surface area contributed by atoms with Gasteiger partial charge in [-0.25, -0.2) is 9.78 Å². The average molecular weight is 475 g/mol. The van der Waals surface area contributed by atoms with E-state index in [2.05, 4.69) is 16.0 Å². The molecule has 0 aliphatic carbocycles. The fraction of sp³-hybridized carbons (Fsp3) is 0.179. The summed E-state index contributed by atoms with van der Waals surface area (Å²) < 4.78 is 8.52. The highest BCUT2D eigenvalue weighted by atomic mass is 16.5. The van der Waals surface area contributed by atoms with Crippen LogP contribution in [0, 0.1) is 22.7 Å². The van der Waals surface area contributed by atoms with E-state index in [0.717, 1.165) is 33.1 Å². The summed E-state index contributed by atoms with van der Waals surface area (Å²) in [5.41, 5.74) is 4.78. The fourth-order valence-corrected chi connectivity index (χ4v) is 4.25. The minimum atomic E-state index is -0.628. The Balaban J connectivity index is 1.68. The molecule has 3 aromatic heterocycles. The predicted molar refractivity (Wildman–Crippen MR) is 137 cm³/mol. The smallest absolute Gasteiger partial charge is 0.333 e. The lowest BCUT2D eigenvalue weighted by Crippen LogP contribution is -2.21. The highest BCUT2D eigenvalue weighted by molar-refractivity contribution is 6.04. The molecule has 0 bridgehead atoms. The number of aromatic nitrogens is 4. The van der Waals surface area contributed by atoms with Crippen molar-refractivity contribution in [1.29, 1.82) is 10.5 Å². The second kappa shape index (κ2) is 8.68. The maximum atomic E-state index is 13.3. The highest BCUT2D eigenvalue weighted by Crippen LogP contribution is 2.31. The number of hydrogen-bond donors (Lipinski definition) is 0. The molecule has 0 spiro atoms. The topological polar surface area (TPSA) is 110 Å². The standard InChI is InChI=1S/C28H22N6O2/c1-28(2,17-30)20-6-8-21(9-7-20)34-26-22-14-18(19-5-11-25(32-15-19)36-13-12-29)4-10-23(22)31-16-24(26)33(3)27(34)35/h4-11,14-16H,13H2,1-3H3. The van der Waals surface area contributed by atoms with E-state index in [1.807, 2.05) is 68.4 Å². The van der Waals surface area contributed by atoms with Crippen molar-refractivity contribution in [2.45, 2.75) is 19.3 Å². The average Bonchev–Trinajstić information content (AvgIpc) is 3.17. The summed E-state index contributed by atoms with van der Waals surface area (Å²) in [6.45, 7) is 3.67. The highest BCUT2D eigenvalue weighted by Gasteiger charge is 2.21. The van der Waals surface area contributed by atoms with Crippen molar-refractivity contribution >= 4 is 21.9 Å². The minimum Gasteiger partial charge on any atom is -0.462 e. The molecule has 5 aromatic rings. The van der Waals surface area contributed by atoms with Gasteiger partial charge in [0.15, 0.2) is 6.61 Å². The van der Waals surface area contributed by atoms with Gasteiger partial charge < -0.3 is 4.74 Å². The summed E-state index contributed by atoms with van der Waals surface area (Å²) in [5.74, 6) is 0.380. The zero-order valence-electron chi connectivity index (χ0n) is 20.1. The molecule has 176 valence electrons. The molecule has 0 aliphatic heterocycles. The number of nitrogens with zero attached hydrogens (tertiary/aromatic N) is 6. The van der Waals surface area contributed by atoms with Gasteiger partial charge >= 0.3 is 5.69 Å². The first kappa shape index (κ1) is 22.8. The lowest BCUT2D eigenvalue weighted by Gasteiger charge is -2.16. The maximum Gasteiger partial charge on any atom is 0.333 e. The van der Waals surface area contributed by atoms with Gasteiger partial charge in [-0.15, -0.1) is 0 Å². The summed E-state index contributed by atoms with van der Waals surface area (Å²) in [6.07, 6.45) is 3.40. The van der Waals surface area contributed by atoms with Crippen LogP contribution in [0.3, 0.4) is 0 Å². The molecular formula is C28H22N6O2. The third-order valence-corrected chi connectivity index (χ3v) is 6.36.